The van der Waals surface area contributed by atoms with Crippen LogP contribution in [0.2, 0.25) is 0 Å². The first-order chi connectivity index (χ1) is 7.61. The highest BCUT2D eigenvalue weighted by molar-refractivity contribution is 9.10. The number of methoxy groups -OCH3 is 1. The maximum Gasteiger partial charge on any atom is 0.144 e. The van der Waals surface area contributed by atoms with Gasteiger partial charge in [-0.3, -0.25) is 0 Å². The number of nitrogens with zero attached hydrogens (tertiary/aromatic N) is 2. The van der Waals surface area contributed by atoms with Crippen molar-refractivity contribution < 1.29 is 9.13 Å². The second kappa shape index (κ2) is 4.25. The van der Waals surface area contributed by atoms with Crippen LogP contribution in [0.15, 0.2) is 29.1 Å². The molecule has 1 aromatic carbocycles. The minimum atomic E-state index is -0.331. The molecule has 2 rings (SSSR count). The number of rotatable bonds is 2. The third kappa shape index (κ3) is 1.95. The van der Waals surface area contributed by atoms with E-state index in [-0.39, 0.29) is 5.82 Å². The van der Waals surface area contributed by atoms with Crippen LogP contribution >= 0.6 is 15.9 Å². The van der Waals surface area contributed by atoms with E-state index in [9.17, 15) is 4.39 Å². The van der Waals surface area contributed by atoms with Gasteiger partial charge in [0.05, 0.1) is 29.3 Å². The van der Waals surface area contributed by atoms with Crippen LogP contribution in [0.5, 0.6) is 5.75 Å². The Morgan fingerprint density at radius 2 is 2.19 bits per heavy atom. The van der Waals surface area contributed by atoms with Crippen LogP contribution in [0.4, 0.5) is 4.39 Å². The Morgan fingerprint density at radius 3 is 2.75 bits per heavy atom. The molecule has 0 spiro atoms. The molecular formula is C11H10BrFN2O. The number of hydrogen-bond donors (Lipinski definition) is 0. The summed E-state index contributed by atoms with van der Waals surface area (Å²) in [6.45, 7) is 1.87. The zero-order valence-electron chi connectivity index (χ0n) is 8.87. The molecule has 0 unspecified atom stereocenters. The average molecular weight is 285 g/mol. The van der Waals surface area contributed by atoms with E-state index in [4.69, 9.17) is 4.74 Å². The number of hydrogen-bond acceptors (Lipinski definition) is 2. The zero-order valence-corrected chi connectivity index (χ0v) is 10.5. The van der Waals surface area contributed by atoms with Crippen molar-refractivity contribution in [1.82, 2.24) is 9.55 Å². The third-order valence-electron chi connectivity index (χ3n) is 2.21. The second-order valence-corrected chi connectivity index (χ2v) is 4.21. The predicted octanol–water partition coefficient (Wildman–Crippen LogP) is 3.09. The molecular weight excluding hydrogens is 275 g/mol. The summed E-state index contributed by atoms with van der Waals surface area (Å²) < 4.78 is 20.8. The van der Waals surface area contributed by atoms with Crippen molar-refractivity contribution in [2.45, 2.75) is 6.92 Å². The van der Waals surface area contributed by atoms with E-state index in [1.165, 1.54) is 6.07 Å². The van der Waals surface area contributed by atoms with Crippen LogP contribution in [-0.4, -0.2) is 16.7 Å². The molecule has 0 aliphatic rings. The summed E-state index contributed by atoms with van der Waals surface area (Å²) in [4.78, 5) is 4.09. The Morgan fingerprint density at radius 1 is 1.44 bits per heavy atom. The molecule has 0 bridgehead atoms. The van der Waals surface area contributed by atoms with Gasteiger partial charge in [0.15, 0.2) is 0 Å². The number of halogens is 2. The molecule has 2 aromatic rings. The highest BCUT2D eigenvalue weighted by Crippen LogP contribution is 2.29. The molecule has 0 saturated heterocycles. The quantitative estimate of drug-likeness (QED) is 0.847. The largest absolute Gasteiger partial charge is 0.495 e. The van der Waals surface area contributed by atoms with E-state index in [1.807, 2.05) is 13.1 Å². The highest BCUT2D eigenvalue weighted by atomic mass is 79.9. The Labute approximate surface area is 101 Å². The Balaban J connectivity index is 2.59. The van der Waals surface area contributed by atoms with Crippen LogP contribution < -0.4 is 4.74 Å². The van der Waals surface area contributed by atoms with Crippen LogP contribution in [0.25, 0.3) is 5.69 Å². The van der Waals surface area contributed by atoms with Gasteiger partial charge >= 0.3 is 0 Å². The van der Waals surface area contributed by atoms with E-state index in [2.05, 4.69) is 20.9 Å². The first-order valence-electron chi connectivity index (χ1n) is 4.66. The van der Waals surface area contributed by atoms with E-state index in [0.717, 1.165) is 5.69 Å². The maximum absolute atomic E-state index is 13.5. The van der Waals surface area contributed by atoms with Crippen LogP contribution in [0.3, 0.4) is 0 Å². The Hall–Kier alpha value is -1.36. The normalized spacial score (nSPS) is 10.5. The van der Waals surface area contributed by atoms with Gasteiger partial charge in [-0.05, 0) is 28.9 Å². The summed E-state index contributed by atoms with van der Waals surface area (Å²) in [5.74, 6) is 0.257. The van der Waals surface area contributed by atoms with Gasteiger partial charge in [-0.1, -0.05) is 0 Å². The molecule has 1 aromatic heterocycles. The average Bonchev–Trinajstić information content (AvgIpc) is 2.68. The molecule has 0 amide bonds. The summed E-state index contributed by atoms with van der Waals surface area (Å²) in [7, 11) is 1.55. The summed E-state index contributed by atoms with van der Waals surface area (Å²) in [6, 6.07) is 3.00. The summed E-state index contributed by atoms with van der Waals surface area (Å²) >= 11 is 3.12. The van der Waals surface area contributed by atoms with Crippen molar-refractivity contribution in [1.29, 1.82) is 0 Å². The lowest BCUT2D eigenvalue weighted by Crippen LogP contribution is -1.97. The molecule has 0 atom stereocenters. The number of aryl methyl sites for hydroxylation is 1. The lowest BCUT2D eigenvalue weighted by Gasteiger charge is -2.10. The smallest absolute Gasteiger partial charge is 0.144 e. The molecule has 16 heavy (non-hydrogen) atoms. The topological polar surface area (TPSA) is 27.1 Å². The molecule has 1 heterocycles. The van der Waals surface area contributed by atoms with E-state index >= 15 is 0 Å². The maximum atomic E-state index is 13.5. The van der Waals surface area contributed by atoms with Crippen LogP contribution in [0, 0.1) is 12.7 Å². The molecule has 5 heteroatoms. The van der Waals surface area contributed by atoms with Crippen molar-refractivity contribution in [2.24, 2.45) is 0 Å². The van der Waals surface area contributed by atoms with Gasteiger partial charge < -0.3 is 9.30 Å². The van der Waals surface area contributed by atoms with E-state index < -0.39 is 0 Å². The van der Waals surface area contributed by atoms with Gasteiger partial charge in [0.1, 0.15) is 11.6 Å². The lowest BCUT2D eigenvalue weighted by molar-refractivity contribution is 0.411. The van der Waals surface area contributed by atoms with E-state index in [0.29, 0.717) is 15.9 Å². The van der Waals surface area contributed by atoms with Crippen molar-refractivity contribution in [3.8, 4) is 11.4 Å². The lowest BCUT2D eigenvalue weighted by atomic mass is 10.3. The molecule has 84 valence electrons. The molecule has 3 nitrogen and oxygen atoms in total. The fraction of sp³-hybridized carbons (Fsp3) is 0.182. The summed E-state index contributed by atoms with van der Waals surface area (Å²) in [6.07, 6.45) is 3.44. The van der Waals surface area contributed by atoms with Gasteiger partial charge in [-0.2, -0.15) is 0 Å². The third-order valence-corrected chi connectivity index (χ3v) is 2.82. The van der Waals surface area contributed by atoms with Crippen molar-refractivity contribution in [3.05, 3.63) is 40.6 Å². The first-order valence-corrected chi connectivity index (χ1v) is 5.45. The van der Waals surface area contributed by atoms with Gasteiger partial charge in [0.25, 0.3) is 0 Å². The minimum Gasteiger partial charge on any atom is -0.495 e. The molecule has 0 radical (unpaired) electrons. The highest BCUT2D eigenvalue weighted by Gasteiger charge is 2.10. The van der Waals surface area contributed by atoms with E-state index in [1.54, 1.807) is 24.1 Å². The number of aromatic nitrogens is 2. The molecule has 0 N–H and O–H groups in total. The summed E-state index contributed by atoms with van der Waals surface area (Å²) in [5, 5.41) is 0. The number of ether oxygens (including phenoxy) is 1. The molecule has 0 saturated carbocycles. The van der Waals surface area contributed by atoms with Crippen molar-refractivity contribution >= 4 is 15.9 Å². The van der Waals surface area contributed by atoms with Gasteiger partial charge in [0.2, 0.25) is 0 Å². The first kappa shape index (κ1) is 11.1. The van der Waals surface area contributed by atoms with Gasteiger partial charge in [-0.25, -0.2) is 9.37 Å². The standard InChI is InChI=1S/C11H10BrFN2O/c1-7-5-15(6-14-7)10-4-9(13)8(12)3-11(10)16-2/h3-6H,1-2H3. The Kier molecular flexibility index (Phi) is 2.96. The number of imidazole rings is 1. The number of benzene rings is 1. The second-order valence-electron chi connectivity index (χ2n) is 3.36. The van der Waals surface area contributed by atoms with Crippen molar-refractivity contribution in [2.75, 3.05) is 7.11 Å². The summed E-state index contributed by atoms with van der Waals surface area (Å²) in [5.41, 5.74) is 1.49. The zero-order chi connectivity index (χ0) is 11.7. The SMILES string of the molecule is COc1cc(Br)c(F)cc1-n1cnc(C)c1. The van der Waals surface area contributed by atoms with Gasteiger partial charge in [0, 0.05) is 12.3 Å². The van der Waals surface area contributed by atoms with Crippen LogP contribution in [-0.2, 0) is 0 Å². The predicted molar refractivity (Wildman–Crippen MR) is 62.5 cm³/mol. The minimum absolute atomic E-state index is 0.331. The monoisotopic (exact) mass is 284 g/mol. The van der Waals surface area contributed by atoms with Gasteiger partial charge in [-0.15, -0.1) is 0 Å². The fourth-order valence-electron chi connectivity index (χ4n) is 1.44. The van der Waals surface area contributed by atoms with Crippen molar-refractivity contribution in [3.63, 3.8) is 0 Å². The molecule has 0 aliphatic carbocycles. The molecule has 0 aliphatic heterocycles. The van der Waals surface area contributed by atoms with Crippen LogP contribution in [0.1, 0.15) is 5.69 Å². The fourth-order valence-corrected chi connectivity index (χ4v) is 1.76. The molecule has 0 fully saturated rings. The Bertz CT molecular complexity index is 525.